The molecule has 0 spiro atoms. The number of hydrogen-bond acceptors (Lipinski definition) is 2. The molecule has 1 amide bonds. The molecule has 4 heteroatoms. The van der Waals surface area contributed by atoms with Gasteiger partial charge in [-0.2, -0.15) is 0 Å². The Balaban J connectivity index is 1.89. The summed E-state index contributed by atoms with van der Waals surface area (Å²) < 4.78 is 13.1. The summed E-state index contributed by atoms with van der Waals surface area (Å²) in [4.78, 5) is 16.4. The Labute approximate surface area is 121 Å². The Hall–Kier alpha value is -2.75. The number of carbonyl (C=O) groups excluding carboxylic acids is 1. The molecule has 104 valence electrons. The third-order valence-electron chi connectivity index (χ3n) is 3.16. The summed E-state index contributed by atoms with van der Waals surface area (Å²) in [5.41, 5.74) is 2.68. The zero-order chi connectivity index (χ0) is 14.8. The number of anilines is 1. The summed E-state index contributed by atoms with van der Waals surface area (Å²) in [6.07, 6.45) is 0. The third-order valence-corrected chi connectivity index (χ3v) is 3.16. The van der Waals surface area contributed by atoms with Crippen LogP contribution in [0, 0.1) is 12.7 Å². The average molecular weight is 280 g/mol. The minimum Gasteiger partial charge on any atom is -0.321 e. The van der Waals surface area contributed by atoms with Crippen LogP contribution in [0.4, 0.5) is 10.1 Å². The van der Waals surface area contributed by atoms with Gasteiger partial charge >= 0.3 is 0 Å². The number of amides is 1. The van der Waals surface area contributed by atoms with E-state index < -0.39 is 0 Å². The number of aryl methyl sites for hydroxylation is 1. The van der Waals surface area contributed by atoms with Crippen LogP contribution in [0.15, 0.2) is 54.6 Å². The highest BCUT2D eigenvalue weighted by molar-refractivity contribution is 6.04. The molecular formula is C17H13FN2O. The van der Waals surface area contributed by atoms with E-state index in [2.05, 4.69) is 10.3 Å². The summed E-state index contributed by atoms with van der Waals surface area (Å²) in [6, 6.07) is 15.1. The topological polar surface area (TPSA) is 42.0 Å². The van der Waals surface area contributed by atoms with Crippen molar-refractivity contribution < 1.29 is 9.18 Å². The van der Waals surface area contributed by atoms with Crippen molar-refractivity contribution in [2.45, 2.75) is 6.92 Å². The quantitative estimate of drug-likeness (QED) is 0.772. The van der Waals surface area contributed by atoms with Gasteiger partial charge in [-0.15, -0.1) is 0 Å². The van der Waals surface area contributed by atoms with Gasteiger partial charge in [0, 0.05) is 11.1 Å². The van der Waals surface area contributed by atoms with Crippen LogP contribution in [0.2, 0.25) is 0 Å². The second-order valence-corrected chi connectivity index (χ2v) is 4.86. The summed E-state index contributed by atoms with van der Waals surface area (Å²) in [5, 5.41) is 3.47. The molecule has 0 atom stereocenters. The molecule has 3 rings (SSSR count). The summed E-state index contributed by atoms with van der Waals surface area (Å²) >= 11 is 0. The van der Waals surface area contributed by atoms with E-state index in [9.17, 15) is 9.18 Å². The SMILES string of the molecule is Cc1cccc(NC(=O)c2ccc3cc(F)ccc3n2)c1. The van der Waals surface area contributed by atoms with E-state index in [-0.39, 0.29) is 11.7 Å². The molecule has 0 aliphatic heterocycles. The molecule has 1 aromatic heterocycles. The summed E-state index contributed by atoms with van der Waals surface area (Å²) in [5.74, 6) is -0.604. The van der Waals surface area contributed by atoms with Crippen LogP contribution in [0.25, 0.3) is 10.9 Å². The predicted molar refractivity (Wildman–Crippen MR) is 80.8 cm³/mol. The van der Waals surface area contributed by atoms with Crippen LogP contribution >= 0.6 is 0 Å². The van der Waals surface area contributed by atoms with Crippen molar-refractivity contribution in [1.82, 2.24) is 4.98 Å². The summed E-state index contributed by atoms with van der Waals surface area (Å²) in [6.45, 7) is 1.96. The lowest BCUT2D eigenvalue weighted by atomic mass is 10.2. The molecule has 3 aromatic rings. The normalized spacial score (nSPS) is 10.6. The first-order valence-corrected chi connectivity index (χ1v) is 6.56. The minimum absolute atomic E-state index is 0.285. The van der Waals surface area contributed by atoms with Gasteiger partial charge in [0.2, 0.25) is 0 Å². The molecule has 0 saturated heterocycles. The molecule has 3 nitrogen and oxygen atoms in total. The van der Waals surface area contributed by atoms with Crippen LogP contribution in [0.3, 0.4) is 0 Å². The maximum atomic E-state index is 13.1. The van der Waals surface area contributed by atoms with E-state index in [0.717, 1.165) is 11.3 Å². The second-order valence-electron chi connectivity index (χ2n) is 4.86. The Kier molecular flexibility index (Phi) is 3.36. The maximum Gasteiger partial charge on any atom is 0.274 e. The number of rotatable bonds is 2. The number of carbonyl (C=O) groups is 1. The van der Waals surface area contributed by atoms with Crippen molar-refractivity contribution in [1.29, 1.82) is 0 Å². The Bertz CT molecular complexity index is 830. The van der Waals surface area contributed by atoms with Gasteiger partial charge in [0.05, 0.1) is 5.52 Å². The lowest BCUT2D eigenvalue weighted by molar-refractivity contribution is 0.102. The van der Waals surface area contributed by atoms with Crippen molar-refractivity contribution in [3.8, 4) is 0 Å². The molecule has 1 N–H and O–H groups in total. The van der Waals surface area contributed by atoms with Crippen LogP contribution < -0.4 is 5.32 Å². The highest BCUT2D eigenvalue weighted by atomic mass is 19.1. The Morgan fingerprint density at radius 3 is 2.76 bits per heavy atom. The van der Waals surface area contributed by atoms with Crippen molar-refractivity contribution in [3.05, 3.63) is 71.7 Å². The van der Waals surface area contributed by atoms with Gasteiger partial charge in [-0.3, -0.25) is 4.79 Å². The molecule has 0 radical (unpaired) electrons. The van der Waals surface area contributed by atoms with Gasteiger partial charge in [-0.1, -0.05) is 18.2 Å². The van der Waals surface area contributed by atoms with Crippen LogP contribution in [-0.4, -0.2) is 10.9 Å². The fourth-order valence-corrected chi connectivity index (χ4v) is 2.14. The van der Waals surface area contributed by atoms with Crippen molar-refractivity contribution in [3.63, 3.8) is 0 Å². The molecule has 0 fully saturated rings. The number of hydrogen-bond donors (Lipinski definition) is 1. The zero-order valence-electron chi connectivity index (χ0n) is 11.4. The van der Waals surface area contributed by atoms with Gasteiger partial charge in [0.25, 0.3) is 5.91 Å². The monoisotopic (exact) mass is 280 g/mol. The smallest absolute Gasteiger partial charge is 0.274 e. The molecule has 0 aliphatic carbocycles. The highest BCUT2D eigenvalue weighted by Crippen LogP contribution is 2.16. The second kappa shape index (κ2) is 5.32. The minimum atomic E-state index is -0.318. The zero-order valence-corrected chi connectivity index (χ0v) is 11.4. The van der Waals surface area contributed by atoms with Crippen LogP contribution in [0.5, 0.6) is 0 Å². The van der Waals surface area contributed by atoms with Gasteiger partial charge < -0.3 is 5.32 Å². The van der Waals surface area contributed by atoms with E-state index >= 15 is 0 Å². The fraction of sp³-hybridized carbons (Fsp3) is 0.0588. The molecule has 21 heavy (non-hydrogen) atoms. The molecule has 0 saturated carbocycles. The number of nitrogens with zero attached hydrogens (tertiary/aromatic N) is 1. The van der Waals surface area contributed by atoms with Gasteiger partial charge in [0.15, 0.2) is 0 Å². The number of halogens is 1. The Morgan fingerprint density at radius 1 is 1.10 bits per heavy atom. The lowest BCUT2D eigenvalue weighted by Gasteiger charge is -2.06. The summed E-state index contributed by atoms with van der Waals surface area (Å²) in [7, 11) is 0. The molecule has 0 unspecified atom stereocenters. The molecule has 0 bridgehead atoms. The van der Waals surface area contributed by atoms with Gasteiger partial charge in [-0.05, 0) is 48.9 Å². The molecular weight excluding hydrogens is 267 g/mol. The number of fused-ring (bicyclic) bond motifs is 1. The number of aromatic nitrogens is 1. The maximum absolute atomic E-state index is 13.1. The van der Waals surface area contributed by atoms with Crippen molar-refractivity contribution >= 4 is 22.5 Å². The lowest BCUT2D eigenvalue weighted by Crippen LogP contribution is -2.13. The average Bonchev–Trinajstić information content (AvgIpc) is 2.46. The molecule has 1 heterocycles. The number of nitrogens with one attached hydrogen (secondary N) is 1. The van der Waals surface area contributed by atoms with Crippen molar-refractivity contribution in [2.75, 3.05) is 5.32 Å². The van der Waals surface area contributed by atoms with Gasteiger partial charge in [-0.25, -0.2) is 9.37 Å². The Morgan fingerprint density at radius 2 is 1.95 bits per heavy atom. The van der Waals surface area contributed by atoms with Crippen LogP contribution in [-0.2, 0) is 0 Å². The third kappa shape index (κ3) is 2.89. The first-order chi connectivity index (χ1) is 10.1. The highest BCUT2D eigenvalue weighted by Gasteiger charge is 2.09. The van der Waals surface area contributed by atoms with Gasteiger partial charge in [0.1, 0.15) is 11.5 Å². The van der Waals surface area contributed by atoms with Crippen LogP contribution in [0.1, 0.15) is 16.1 Å². The van der Waals surface area contributed by atoms with E-state index in [4.69, 9.17) is 0 Å². The van der Waals surface area contributed by atoms with E-state index in [1.165, 1.54) is 12.1 Å². The van der Waals surface area contributed by atoms with Crippen molar-refractivity contribution in [2.24, 2.45) is 0 Å². The molecule has 0 aliphatic rings. The number of pyridine rings is 1. The predicted octanol–water partition coefficient (Wildman–Crippen LogP) is 3.93. The van der Waals surface area contributed by atoms with E-state index in [0.29, 0.717) is 16.6 Å². The molecule has 2 aromatic carbocycles. The number of benzene rings is 2. The van der Waals surface area contributed by atoms with E-state index in [1.807, 2.05) is 31.2 Å². The first kappa shape index (κ1) is 13.2. The fourth-order valence-electron chi connectivity index (χ4n) is 2.14. The van der Waals surface area contributed by atoms with E-state index in [1.54, 1.807) is 18.2 Å². The standard InChI is InChI=1S/C17H13FN2O/c1-11-3-2-4-14(9-11)19-17(21)16-7-5-12-10-13(18)6-8-15(12)20-16/h2-10H,1H3,(H,19,21). The largest absolute Gasteiger partial charge is 0.321 e. The first-order valence-electron chi connectivity index (χ1n) is 6.56.